The highest BCUT2D eigenvalue weighted by Crippen LogP contribution is 2.32. The van der Waals surface area contributed by atoms with Crippen LogP contribution in [-0.4, -0.2) is 48.4 Å². The second-order valence-corrected chi connectivity index (χ2v) is 6.35. The van der Waals surface area contributed by atoms with Gasteiger partial charge in [-0.05, 0) is 25.0 Å². The van der Waals surface area contributed by atoms with E-state index in [-0.39, 0.29) is 42.5 Å². The number of rotatable bonds is 7. The molecule has 0 aliphatic carbocycles. The minimum atomic E-state index is -0.617. The molecule has 1 saturated heterocycles. The lowest BCUT2D eigenvalue weighted by atomic mass is 10.2. The molecule has 8 nitrogen and oxygen atoms in total. The van der Waals surface area contributed by atoms with Gasteiger partial charge in [0.25, 0.3) is 5.91 Å². The Morgan fingerprint density at radius 3 is 2.69 bits per heavy atom. The Balaban J connectivity index is 1.74. The third-order valence-electron chi connectivity index (χ3n) is 3.61. The molecule has 0 spiro atoms. The molecule has 0 unspecified atom stereocenters. The van der Waals surface area contributed by atoms with Crippen LogP contribution in [0.3, 0.4) is 0 Å². The number of hydrogen-bond donors (Lipinski definition) is 2. The molecule has 140 valence electrons. The third kappa shape index (κ3) is 5.09. The summed E-state index contributed by atoms with van der Waals surface area (Å²) in [4.78, 5) is 47.3. The van der Waals surface area contributed by atoms with Gasteiger partial charge in [0.2, 0.25) is 5.91 Å². The van der Waals surface area contributed by atoms with E-state index >= 15 is 0 Å². The van der Waals surface area contributed by atoms with Gasteiger partial charge in [-0.3, -0.25) is 19.3 Å². The Bertz CT molecular complexity index is 738. The third-order valence-corrected chi connectivity index (χ3v) is 4.41. The van der Waals surface area contributed by atoms with Crippen molar-refractivity contribution in [1.29, 1.82) is 0 Å². The van der Waals surface area contributed by atoms with E-state index in [2.05, 4.69) is 10.6 Å². The molecule has 0 radical (unpaired) electrons. The predicted octanol–water partition coefficient (Wildman–Crippen LogP) is 2.12. The number of imide groups is 1. The van der Waals surface area contributed by atoms with E-state index in [0.29, 0.717) is 5.02 Å². The number of ether oxygens (including phenoxy) is 1. The minimum Gasteiger partial charge on any atom is -0.456 e. The standard InChI is InChI=1S/C16H17Cl2N3O5/c1-9-4-5-10(17)15(14(9)18)20-11(22)8-26-13(24)3-2-6-21-12(23)7-19-16(21)25/h4-5H,2-3,6-8H2,1H3,(H,19,25)(H,20,22). The predicted molar refractivity (Wildman–Crippen MR) is 95.1 cm³/mol. The number of amides is 4. The molecule has 2 rings (SSSR count). The summed E-state index contributed by atoms with van der Waals surface area (Å²) in [6, 6.07) is 2.83. The van der Waals surface area contributed by atoms with Gasteiger partial charge in [0.1, 0.15) is 0 Å². The first-order valence-corrected chi connectivity index (χ1v) is 8.53. The van der Waals surface area contributed by atoms with Crippen molar-refractivity contribution in [2.24, 2.45) is 0 Å². The quantitative estimate of drug-likeness (QED) is 0.537. The summed E-state index contributed by atoms with van der Waals surface area (Å²) in [5, 5.41) is 5.46. The molecule has 0 saturated carbocycles. The Labute approximate surface area is 159 Å². The molecule has 4 amide bonds. The zero-order valence-corrected chi connectivity index (χ0v) is 15.4. The molecule has 1 fully saturated rings. The highest BCUT2D eigenvalue weighted by molar-refractivity contribution is 6.40. The second kappa shape index (κ2) is 8.86. The molecule has 0 aromatic heterocycles. The van der Waals surface area contributed by atoms with Crippen LogP contribution >= 0.6 is 23.2 Å². The highest BCUT2D eigenvalue weighted by Gasteiger charge is 2.27. The fourth-order valence-electron chi connectivity index (χ4n) is 2.23. The molecule has 1 aliphatic rings. The van der Waals surface area contributed by atoms with Gasteiger partial charge in [-0.15, -0.1) is 0 Å². The van der Waals surface area contributed by atoms with Gasteiger partial charge in [-0.1, -0.05) is 29.3 Å². The van der Waals surface area contributed by atoms with Gasteiger partial charge in [0.15, 0.2) is 6.61 Å². The summed E-state index contributed by atoms with van der Waals surface area (Å²) in [5.74, 6) is -1.54. The lowest BCUT2D eigenvalue weighted by Crippen LogP contribution is -2.32. The number of esters is 1. The number of urea groups is 1. The van der Waals surface area contributed by atoms with E-state index in [9.17, 15) is 19.2 Å². The zero-order chi connectivity index (χ0) is 19.3. The molecule has 1 heterocycles. The summed E-state index contributed by atoms with van der Waals surface area (Å²) in [6.45, 7) is 1.34. The van der Waals surface area contributed by atoms with Crippen LogP contribution < -0.4 is 10.6 Å². The minimum absolute atomic E-state index is 0.0315. The molecule has 26 heavy (non-hydrogen) atoms. The van der Waals surface area contributed by atoms with Gasteiger partial charge in [0, 0.05) is 13.0 Å². The smallest absolute Gasteiger partial charge is 0.324 e. The number of carbonyl (C=O) groups is 4. The van der Waals surface area contributed by atoms with Crippen molar-refractivity contribution < 1.29 is 23.9 Å². The van der Waals surface area contributed by atoms with E-state index in [1.54, 1.807) is 19.1 Å². The summed E-state index contributed by atoms with van der Waals surface area (Å²) < 4.78 is 4.86. The van der Waals surface area contributed by atoms with Crippen LogP contribution in [0.5, 0.6) is 0 Å². The number of aryl methyl sites for hydroxylation is 1. The number of nitrogens with one attached hydrogen (secondary N) is 2. The number of carbonyl (C=O) groups excluding carboxylic acids is 4. The van der Waals surface area contributed by atoms with E-state index < -0.39 is 24.5 Å². The van der Waals surface area contributed by atoms with E-state index in [0.717, 1.165) is 10.5 Å². The highest BCUT2D eigenvalue weighted by atomic mass is 35.5. The van der Waals surface area contributed by atoms with Crippen LogP contribution in [0.2, 0.25) is 10.0 Å². The fraction of sp³-hybridized carbons (Fsp3) is 0.375. The number of halogens is 2. The van der Waals surface area contributed by atoms with Crippen LogP contribution in [0.15, 0.2) is 12.1 Å². The first-order chi connectivity index (χ1) is 12.3. The largest absolute Gasteiger partial charge is 0.456 e. The maximum Gasteiger partial charge on any atom is 0.324 e. The van der Waals surface area contributed by atoms with Crippen molar-refractivity contribution in [3.8, 4) is 0 Å². The summed E-state index contributed by atoms with van der Waals surface area (Å²) in [6.07, 6.45) is 0.214. The van der Waals surface area contributed by atoms with Crippen LogP contribution in [-0.2, 0) is 19.1 Å². The lowest BCUT2D eigenvalue weighted by Gasteiger charge is -2.12. The van der Waals surface area contributed by atoms with Gasteiger partial charge in [-0.2, -0.15) is 0 Å². The summed E-state index contributed by atoms with van der Waals surface area (Å²) >= 11 is 12.1. The van der Waals surface area contributed by atoms with Crippen molar-refractivity contribution in [3.05, 3.63) is 27.7 Å². The van der Waals surface area contributed by atoms with Crippen LogP contribution in [0.25, 0.3) is 0 Å². The van der Waals surface area contributed by atoms with Gasteiger partial charge in [0.05, 0.1) is 22.3 Å². The molecule has 2 N–H and O–H groups in total. The number of benzene rings is 1. The van der Waals surface area contributed by atoms with Crippen LogP contribution in [0, 0.1) is 6.92 Å². The molecular weight excluding hydrogens is 385 g/mol. The molecule has 1 aromatic rings. The Morgan fingerprint density at radius 2 is 2.04 bits per heavy atom. The average Bonchev–Trinajstić information content (AvgIpc) is 2.92. The Morgan fingerprint density at radius 1 is 1.31 bits per heavy atom. The topological polar surface area (TPSA) is 105 Å². The van der Waals surface area contributed by atoms with Gasteiger partial charge >= 0.3 is 12.0 Å². The van der Waals surface area contributed by atoms with E-state index in [1.807, 2.05) is 0 Å². The normalized spacial score (nSPS) is 13.6. The van der Waals surface area contributed by atoms with Gasteiger partial charge in [-0.25, -0.2) is 4.79 Å². The van der Waals surface area contributed by atoms with Crippen LogP contribution in [0.4, 0.5) is 10.5 Å². The lowest BCUT2D eigenvalue weighted by molar-refractivity contribution is -0.147. The number of nitrogens with zero attached hydrogens (tertiary/aromatic N) is 1. The van der Waals surface area contributed by atoms with E-state index in [4.69, 9.17) is 27.9 Å². The molecule has 1 aliphatic heterocycles. The first kappa shape index (κ1) is 20.0. The Kier molecular flexibility index (Phi) is 6.82. The second-order valence-electron chi connectivity index (χ2n) is 5.57. The summed E-state index contributed by atoms with van der Waals surface area (Å²) in [7, 11) is 0. The first-order valence-electron chi connectivity index (χ1n) is 7.78. The van der Waals surface area contributed by atoms with Crippen molar-refractivity contribution >= 4 is 52.7 Å². The number of anilines is 1. The monoisotopic (exact) mass is 401 g/mol. The van der Waals surface area contributed by atoms with Crippen molar-refractivity contribution in [2.75, 3.05) is 25.0 Å². The maximum atomic E-state index is 11.9. The van der Waals surface area contributed by atoms with E-state index in [1.165, 1.54) is 0 Å². The summed E-state index contributed by atoms with van der Waals surface area (Å²) in [5.41, 5.74) is 0.997. The molecule has 10 heteroatoms. The van der Waals surface area contributed by atoms with Crippen molar-refractivity contribution in [3.63, 3.8) is 0 Å². The Hall–Kier alpha value is -2.32. The molecular formula is C16H17Cl2N3O5. The fourth-order valence-corrected chi connectivity index (χ4v) is 2.69. The zero-order valence-electron chi connectivity index (χ0n) is 13.9. The van der Waals surface area contributed by atoms with Crippen LogP contribution in [0.1, 0.15) is 18.4 Å². The molecule has 1 aromatic carbocycles. The average molecular weight is 402 g/mol. The molecule has 0 atom stereocenters. The van der Waals surface area contributed by atoms with Crippen molar-refractivity contribution in [2.45, 2.75) is 19.8 Å². The maximum absolute atomic E-state index is 11.9. The SMILES string of the molecule is Cc1ccc(Cl)c(NC(=O)COC(=O)CCCN2C(=O)CNC2=O)c1Cl. The number of hydrogen-bond acceptors (Lipinski definition) is 5. The van der Waals surface area contributed by atoms with Crippen molar-refractivity contribution in [1.82, 2.24) is 10.2 Å². The van der Waals surface area contributed by atoms with Gasteiger partial charge < -0.3 is 15.4 Å². The molecule has 0 bridgehead atoms.